The third-order valence-electron chi connectivity index (χ3n) is 8.95. The number of benzene rings is 5. The summed E-state index contributed by atoms with van der Waals surface area (Å²) in [6.45, 7) is 0. The standard InChI is InChI=1S/C38H22N4/c1-4-13-33-26(9-1)27-10-2-5-14-34(27)41(33)24-16-17-36-30(18-24)28-11-3-6-15-35(28)42(36)25-19-31-29-12-7-8-23-20-39-22-32(37(23)29)38(31)40-21-25/h1-22H. The lowest BCUT2D eigenvalue weighted by Gasteiger charge is -2.11. The molecular formula is C38H22N4. The molecule has 194 valence electrons. The molecule has 4 heterocycles. The van der Waals surface area contributed by atoms with Crippen molar-refractivity contribution >= 4 is 54.4 Å². The van der Waals surface area contributed by atoms with E-state index < -0.39 is 0 Å². The average molecular weight is 535 g/mol. The second kappa shape index (κ2) is 7.93. The zero-order valence-corrected chi connectivity index (χ0v) is 22.5. The lowest BCUT2D eigenvalue weighted by Crippen LogP contribution is -1.97. The molecule has 0 atom stereocenters. The Kier molecular flexibility index (Phi) is 4.15. The molecule has 0 bridgehead atoms. The van der Waals surface area contributed by atoms with Crippen molar-refractivity contribution in [1.82, 2.24) is 19.1 Å². The molecule has 5 aromatic carbocycles. The van der Waals surface area contributed by atoms with Gasteiger partial charge in [0.1, 0.15) is 0 Å². The lowest BCUT2D eigenvalue weighted by atomic mass is 10.1. The minimum absolute atomic E-state index is 1.01. The van der Waals surface area contributed by atoms with Crippen LogP contribution in [0.5, 0.6) is 0 Å². The van der Waals surface area contributed by atoms with E-state index in [0.717, 1.165) is 39.1 Å². The van der Waals surface area contributed by atoms with Crippen LogP contribution in [0.15, 0.2) is 134 Å². The van der Waals surface area contributed by atoms with Crippen molar-refractivity contribution in [3.05, 3.63) is 134 Å². The molecule has 0 N–H and O–H groups in total. The van der Waals surface area contributed by atoms with Gasteiger partial charge in [-0.15, -0.1) is 0 Å². The second-order valence-corrected chi connectivity index (χ2v) is 11.1. The van der Waals surface area contributed by atoms with Crippen molar-refractivity contribution in [1.29, 1.82) is 0 Å². The van der Waals surface area contributed by atoms with Crippen molar-refractivity contribution in [2.45, 2.75) is 0 Å². The molecule has 4 aromatic heterocycles. The number of fused-ring (bicyclic) bond motifs is 9. The molecule has 0 unspecified atom stereocenters. The number of hydrogen-bond acceptors (Lipinski definition) is 2. The molecule has 42 heavy (non-hydrogen) atoms. The highest BCUT2D eigenvalue weighted by Gasteiger charge is 2.24. The van der Waals surface area contributed by atoms with Crippen LogP contribution < -0.4 is 0 Å². The molecule has 0 spiro atoms. The monoisotopic (exact) mass is 534 g/mol. The van der Waals surface area contributed by atoms with Crippen LogP contribution in [0.25, 0.3) is 88.1 Å². The van der Waals surface area contributed by atoms with Gasteiger partial charge < -0.3 is 9.13 Å². The summed E-state index contributed by atoms with van der Waals surface area (Å²) in [5.41, 5.74) is 11.5. The van der Waals surface area contributed by atoms with Crippen molar-refractivity contribution in [3.63, 3.8) is 0 Å². The number of para-hydroxylation sites is 3. The minimum atomic E-state index is 1.01. The molecular weight excluding hydrogens is 512 g/mol. The third kappa shape index (κ3) is 2.76. The SMILES string of the molecule is c1cc2c3c(cncc3c1)-c1ncc(-n3c4ccccc4c4cc(-n5c6ccccc6c6ccccc65)ccc43)cc1-2. The number of hydrogen-bond donors (Lipinski definition) is 0. The molecule has 0 fully saturated rings. The summed E-state index contributed by atoms with van der Waals surface area (Å²) >= 11 is 0. The average Bonchev–Trinajstić information content (AvgIpc) is 3.68. The van der Waals surface area contributed by atoms with Crippen LogP contribution in [0.3, 0.4) is 0 Å². The molecule has 9 aromatic rings. The number of aromatic nitrogens is 4. The second-order valence-electron chi connectivity index (χ2n) is 11.1. The van der Waals surface area contributed by atoms with Gasteiger partial charge in [-0.25, -0.2) is 0 Å². The molecule has 0 amide bonds. The van der Waals surface area contributed by atoms with E-state index in [0.29, 0.717) is 0 Å². The maximum absolute atomic E-state index is 5.03. The van der Waals surface area contributed by atoms with Gasteiger partial charge in [-0.1, -0.05) is 72.8 Å². The van der Waals surface area contributed by atoms with Gasteiger partial charge in [-0.3, -0.25) is 9.97 Å². The Morgan fingerprint density at radius 3 is 1.81 bits per heavy atom. The molecule has 4 nitrogen and oxygen atoms in total. The summed E-state index contributed by atoms with van der Waals surface area (Å²) in [6, 6.07) is 41.6. The molecule has 0 aliphatic heterocycles. The van der Waals surface area contributed by atoms with Crippen molar-refractivity contribution in [2.75, 3.05) is 0 Å². The van der Waals surface area contributed by atoms with E-state index >= 15 is 0 Å². The van der Waals surface area contributed by atoms with E-state index in [1.54, 1.807) is 0 Å². The van der Waals surface area contributed by atoms with Crippen LogP contribution >= 0.6 is 0 Å². The summed E-state index contributed by atoms with van der Waals surface area (Å²) in [6.07, 6.45) is 5.90. The largest absolute Gasteiger partial charge is 0.309 e. The van der Waals surface area contributed by atoms with Gasteiger partial charge in [-0.05, 0) is 48.0 Å². The molecule has 0 radical (unpaired) electrons. The summed E-state index contributed by atoms with van der Waals surface area (Å²) in [4.78, 5) is 9.52. The van der Waals surface area contributed by atoms with Gasteiger partial charge >= 0.3 is 0 Å². The molecule has 0 saturated heterocycles. The van der Waals surface area contributed by atoms with E-state index in [1.807, 2.05) is 18.6 Å². The van der Waals surface area contributed by atoms with Crippen LogP contribution in [0.4, 0.5) is 0 Å². The van der Waals surface area contributed by atoms with Crippen LogP contribution in [-0.2, 0) is 0 Å². The topological polar surface area (TPSA) is 35.6 Å². The Labute approximate surface area is 240 Å². The summed E-state index contributed by atoms with van der Waals surface area (Å²) in [5, 5.41) is 7.38. The number of rotatable bonds is 2. The van der Waals surface area contributed by atoms with Crippen molar-refractivity contribution in [3.8, 4) is 33.8 Å². The highest BCUT2D eigenvalue weighted by atomic mass is 15.0. The fourth-order valence-corrected chi connectivity index (χ4v) is 7.21. The normalized spacial score (nSPS) is 12.3. The first-order valence-corrected chi connectivity index (χ1v) is 14.2. The van der Waals surface area contributed by atoms with Gasteiger partial charge in [0.15, 0.2) is 0 Å². The van der Waals surface area contributed by atoms with Crippen LogP contribution in [-0.4, -0.2) is 19.1 Å². The Balaban J connectivity index is 1.24. The summed E-state index contributed by atoms with van der Waals surface area (Å²) < 4.78 is 4.74. The van der Waals surface area contributed by atoms with Gasteiger partial charge in [0, 0.05) is 61.5 Å². The first kappa shape index (κ1) is 22.0. The van der Waals surface area contributed by atoms with E-state index in [-0.39, 0.29) is 0 Å². The third-order valence-corrected chi connectivity index (χ3v) is 8.95. The molecule has 1 aliphatic carbocycles. The van der Waals surface area contributed by atoms with Crippen molar-refractivity contribution in [2.24, 2.45) is 0 Å². The first-order chi connectivity index (χ1) is 20.8. The zero-order chi connectivity index (χ0) is 27.4. The predicted molar refractivity (Wildman–Crippen MR) is 173 cm³/mol. The van der Waals surface area contributed by atoms with E-state index in [4.69, 9.17) is 4.98 Å². The Bertz CT molecular complexity index is 2530. The minimum Gasteiger partial charge on any atom is -0.309 e. The lowest BCUT2D eigenvalue weighted by molar-refractivity contribution is 1.14. The van der Waals surface area contributed by atoms with E-state index in [1.165, 1.54) is 49.0 Å². The van der Waals surface area contributed by atoms with Gasteiger partial charge in [0.25, 0.3) is 0 Å². The zero-order valence-electron chi connectivity index (χ0n) is 22.5. The molecule has 10 rings (SSSR count). The van der Waals surface area contributed by atoms with Crippen molar-refractivity contribution < 1.29 is 0 Å². The smallest absolute Gasteiger partial charge is 0.0804 e. The fourth-order valence-electron chi connectivity index (χ4n) is 7.21. The Hall–Kier alpha value is -5.74. The molecule has 1 aliphatic rings. The maximum atomic E-state index is 5.03. The number of nitrogens with zero attached hydrogens (tertiary/aromatic N) is 4. The molecule has 4 heteroatoms. The molecule has 0 saturated carbocycles. The van der Waals surface area contributed by atoms with Crippen LogP contribution in [0.1, 0.15) is 0 Å². The van der Waals surface area contributed by atoms with Gasteiger partial charge in [0.05, 0.1) is 39.6 Å². The Morgan fingerprint density at radius 2 is 1.07 bits per heavy atom. The highest BCUT2D eigenvalue weighted by Crippen LogP contribution is 2.46. The van der Waals surface area contributed by atoms with Crippen LogP contribution in [0.2, 0.25) is 0 Å². The highest BCUT2D eigenvalue weighted by molar-refractivity contribution is 6.15. The summed E-state index contributed by atoms with van der Waals surface area (Å²) in [5.74, 6) is 0. The van der Waals surface area contributed by atoms with E-state index in [9.17, 15) is 0 Å². The fraction of sp³-hybridized carbons (Fsp3) is 0. The quantitative estimate of drug-likeness (QED) is 0.221. The van der Waals surface area contributed by atoms with Gasteiger partial charge in [-0.2, -0.15) is 0 Å². The number of pyridine rings is 2. The first-order valence-electron chi connectivity index (χ1n) is 14.2. The van der Waals surface area contributed by atoms with Crippen LogP contribution in [0, 0.1) is 0 Å². The predicted octanol–water partition coefficient (Wildman–Crippen LogP) is 9.47. The maximum Gasteiger partial charge on any atom is 0.0804 e. The van der Waals surface area contributed by atoms with E-state index in [2.05, 4.69) is 129 Å². The Morgan fingerprint density at radius 1 is 0.429 bits per heavy atom. The summed E-state index contributed by atoms with van der Waals surface area (Å²) in [7, 11) is 0. The van der Waals surface area contributed by atoms with Gasteiger partial charge in [0.2, 0.25) is 0 Å².